The Morgan fingerprint density at radius 2 is 1.71 bits per heavy atom. The fourth-order valence-corrected chi connectivity index (χ4v) is 5.00. The average Bonchev–Trinajstić information content (AvgIpc) is 3.27. The molecule has 0 aliphatic rings. The molecule has 0 fully saturated rings. The number of para-hydroxylation sites is 1. The number of carbonyl (C=O) groups is 1. The highest BCUT2D eigenvalue weighted by molar-refractivity contribution is 7.85. The molecule has 0 saturated heterocycles. The molecule has 1 heterocycles. The van der Waals surface area contributed by atoms with Crippen LogP contribution in [0, 0.1) is 0 Å². The Kier molecular flexibility index (Phi) is 7.44. The zero-order chi connectivity index (χ0) is 24.1. The molecule has 0 spiro atoms. The molecule has 2 atom stereocenters. The monoisotopic (exact) mass is 496 g/mol. The summed E-state index contributed by atoms with van der Waals surface area (Å²) in [6.45, 7) is 1.86. The fraction of sp³-hybridized carbons (Fsp3) is 0.200. The Morgan fingerprint density at radius 3 is 2.35 bits per heavy atom. The topological polar surface area (TPSA) is 86.8 Å². The van der Waals surface area contributed by atoms with Gasteiger partial charge in [0.15, 0.2) is 16.6 Å². The van der Waals surface area contributed by atoms with Gasteiger partial charge in [-0.15, -0.1) is 0 Å². The number of rotatable bonds is 9. The molecule has 176 valence electrons. The van der Waals surface area contributed by atoms with Gasteiger partial charge >= 0.3 is 0 Å². The second-order valence-corrected chi connectivity index (χ2v) is 9.97. The zero-order valence-electron chi connectivity index (χ0n) is 18.9. The van der Waals surface area contributed by atoms with Crippen molar-refractivity contribution < 1.29 is 23.2 Å². The largest absolute Gasteiger partial charge is 0.493 e. The highest BCUT2D eigenvalue weighted by Gasteiger charge is 2.25. The third kappa shape index (κ3) is 5.21. The van der Waals surface area contributed by atoms with E-state index < -0.39 is 16.9 Å². The van der Waals surface area contributed by atoms with Crippen LogP contribution in [-0.2, 0) is 15.6 Å². The van der Waals surface area contributed by atoms with Crippen molar-refractivity contribution in [2.24, 2.45) is 0 Å². The number of benzene rings is 3. The number of aromatic nitrogens is 1. The lowest BCUT2D eigenvalue weighted by molar-refractivity contribution is -0.123. The molecule has 0 aliphatic carbocycles. The lowest BCUT2D eigenvalue weighted by Gasteiger charge is -2.19. The van der Waals surface area contributed by atoms with Crippen molar-refractivity contribution in [1.29, 1.82) is 0 Å². The summed E-state index contributed by atoms with van der Waals surface area (Å²) < 4.78 is 29.7. The van der Waals surface area contributed by atoms with Gasteiger partial charge in [0.2, 0.25) is 6.10 Å². The summed E-state index contributed by atoms with van der Waals surface area (Å²) in [6.07, 6.45) is -0.928. The van der Waals surface area contributed by atoms with Gasteiger partial charge in [-0.3, -0.25) is 14.3 Å². The minimum atomic E-state index is -1.08. The highest BCUT2D eigenvalue weighted by atomic mass is 32.2. The van der Waals surface area contributed by atoms with Crippen LogP contribution < -0.4 is 19.5 Å². The number of hydrogen-bond donors (Lipinski definition) is 1. The minimum Gasteiger partial charge on any atom is -0.493 e. The molecule has 34 heavy (non-hydrogen) atoms. The Labute approximate surface area is 204 Å². The van der Waals surface area contributed by atoms with Crippen molar-refractivity contribution in [3.05, 3.63) is 72.3 Å². The van der Waals surface area contributed by atoms with E-state index in [2.05, 4.69) is 10.3 Å². The Balaban J connectivity index is 1.63. The van der Waals surface area contributed by atoms with Gasteiger partial charge in [-0.25, -0.2) is 4.98 Å². The van der Waals surface area contributed by atoms with E-state index in [-0.39, 0.29) is 5.91 Å². The summed E-state index contributed by atoms with van der Waals surface area (Å²) in [5.41, 5.74) is 1.33. The molecule has 2 unspecified atom stereocenters. The van der Waals surface area contributed by atoms with E-state index in [0.717, 1.165) is 4.70 Å². The van der Waals surface area contributed by atoms with E-state index >= 15 is 0 Å². The van der Waals surface area contributed by atoms with Crippen LogP contribution in [0.15, 0.2) is 71.6 Å². The van der Waals surface area contributed by atoms with Crippen molar-refractivity contribution in [1.82, 2.24) is 4.98 Å². The quantitative estimate of drug-likeness (QED) is 0.343. The van der Waals surface area contributed by atoms with Gasteiger partial charge in [0, 0.05) is 28.3 Å². The molecule has 0 radical (unpaired) electrons. The van der Waals surface area contributed by atoms with Crippen LogP contribution in [0.25, 0.3) is 10.2 Å². The van der Waals surface area contributed by atoms with Crippen molar-refractivity contribution in [3.8, 4) is 17.2 Å². The van der Waals surface area contributed by atoms with Crippen LogP contribution in [0.4, 0.5) is 5.13 Å². The molecule has 7 nitrogen and oxygen atoms in total. The number of amides is 1. The Morgan fingerprint density at radius 1 is 1.03 bits per heavy atom. The lowest BCUT2D eigenvalue weighted by Crippen LogP contribution is -2.25. The molecule has 4 aromatic rings. The first-order chi connectivity index (χ1) is 16.5. The maximum atomic E-state index is 13.3. The number of ether oxygens (including phenoxy) is 3. The van der Waals surface area contributed by atoms with Gasteiger partial charge in [-0.1, -0.05) is 48.6 Å². The van der Waals surface area contributed by atoms with E-state index in [9.17, 15) is 9.00 Å². The smallest absolute Gasteiger partial charge is 0.271 e. The number of carbonyl (C=O) groups excluding carboxylic acids is 1. The van der Waals surface area contributed by atoms with E-state index in [0.29, 0.717) is 44.1 Å². The van der Waals surface area contributed by atoms with E-state index in [1.807, 2.05) is 31.2 Å². The van der Waals surface area contributed by atoms with E-state index in [1.165, 1.54) is 11.3 Å². The molecular formula is C25H24N2O5S2. The van der Waals surface area contributed by atoms with Gasteiger partial charge in [0.05, 0.1) is 35.2 Å². The predicted octanol–water partition coefficient (Wildman–Crippen LogP) is 5.20. The first kappa shape index (κ1) is 23.7. The van der Waals surface area contributed by atoms with Crippen molar-refractivity contribution in [2.45, 2.75) is 17.9 Å². The SMILES string of the molecule is CCS(=O)c1ccc(C(Oc2ccccc2)C(=O)Nc2nc3cc(OC)c(OC)cc3s2)cc1. The number of nitrogens with one attached hydrogen (secondary N) is 1. The Hall–Kier alpha value is -3.43. The number of thiazole rings is 1. The molecule has 0 saturated carbocycles. The molecule has 1 aromatic heterocycles. The van der Waals surface area contributed by atoms with Crippen LogP contribution in [0.5, 0.6) is 17.2 Å². The van der Waals surface area contributed by atoms with Gasteiger partial charge in [-0.2, -0.15) is 0 Å². The molecule has 3 aromatic carbocycles. The van der Waals surface area contributed by atoms with Crippen molar-refractivity contribution in [3.63, 3.8) is 0 Å². The van der Waals surface area contributed by atoms with Crippen LogP contribution in [-0.4, -0.2) is 35.1 Å². The second kappa shape index (κ2) is 10.7. The summed E-state index contributed by atoms with van der Waals surface area (Å²) >= 11 is 1.33. The second-order valence-electron chi connectivity index (χ2n) is 7.20. The number of anilines is 1. The third-order valence-corrected chi connectivity index (χ3v) is 7.32. The minimum absolute atomic E-state index is 0.369. The third-order valence-electron chi connectivity index (χ3n) is 5.07. The summed E-state index contributed by atoms with van der Waals surface area (Å²) in [4.78, 5) is 18.6. The van der Waals surface area contributed by atoms with E-state index in [4.69, 9.17) is 14.2 Å². The first-order valence-corrected chi connectivity index (χ1v) is 12.7. The molecule has 1 amide bonds. The first-order valence-electron chi connectivity index (χ1n) is 10.6. The molecular weight excluding hydrogens is 472 g/mol. The zero-order valence-corrected chi connectivity index (χ0v) is 20.6. The lowest BCUT2D eigenvalue weighted by atomic mass is 10.1. The maximum Gasteiger partial charge on any atom is 0.271 e. The predicted molar refractivity (Wildman–Crippen MR) is 135 cm³/mol. The van der Waals surface area contributed by atoms with Crippen LogP contribution in [0.3, 0.4) is 0 Å². The normalized spacial score (nSPS) is 12.7. The van der Waals surface area contributed by atoms with Crippen LogP contribution in [0.2, 0.25) is 0 Å². The molecule has 0 aliphatic heterocycles. The highest BCUT2D eigenvalue weighted by Crippen LogP contribution is 2.36. The van der Waals surface area contributed by atoms with Gasteiger partial charge in [0.1, 0.15) is 5.75 Å². The molecule has 0 bridgehead atoms. The van der Waals surface area contributed by atoms with Gasteiger partial charge in [-0.05, 0) is 24.3 Å². The Bertz CT molecular complexity index is 1270. The summed E-state index contributed by atoms with van der Waals surface area (Å²) in [7, 11) is 2.05. The molecule has 9 heteroatoms. The standard InChI is InChI=1S/C25H24N2O5S2/c1-4-34(29)18-12-10-16(11-13-18)23(32-17-8-6-5-7-9-17)24(28)27-25-26-19-14-20(30-2)21(31-3)15-22(19)33-25/h5-15,23H,4H2,1-3H3,(H,26,27,28). The average molecular weight is 497 g/mol. The van der Waals surface area contributed by atoms with Gasteiger partial charge < -0.3 is 14.2 Å². The van der Waals surface area contributed by atoms with Crippen molar-refractivity contribution >= 4 is 43.4 Å². The van der Waals surface area contributed by atoms with Crippen LogP contribution in [0.1, 0.15) is 18.6 Å². The molecule has 1 N–H and O–H groups in total. The summed E-state index contributed by atoms with van der Waals surface area (Å²) in [6, 6.07) is 19.8. The van der Waals surface area contributed by atoms with Gasteiger partial charge in [0.25, 0.3) is 5.91 Å². The molecule has 4 rings (SSSR count). The number of hydrogen-bond acceptors (Lipinski definition) is 7. The van der Waals surface area contributed by atoms with E-state index in [1.54, 1.807) is 56.7 Å². The fourth-order valence-electron chi connectivity index (χ4n) is 3.35. The number of methoxy groups -OCH3 is 2. The number of nitrogens with zero attached hydrogens (tertiary/aromatic N) is 1. The maximum absolute atomic E-state index is 13.3. The van der Waals surface area contributed by atoms with Crippen LogP contribution >= 0.6 is 11.3 Å². The summed E-state index contributed by atoms with van der Waals surface area (Å²) in [5, 5.41) is 3.31. The number of fused-ring (bicyclic) bond motifs is 1. The summed E-state index contributed by atoms with van der Waals surface area (Å²) in [5.74, 6) is 1.87. The van der Waals surface area contributed by atoms with Crippen molar-refractivity contribution in [2.75, 3.05) is 25.3 Å².